The molecule has 110 valence electrons. The summed E-state index contributed by atoms with van der Waals surface area (Å²) in [6.45, 7) is 10.7. The van der Waals surface area contributed by atoms with Crippen LogP contribution in [0, 0.1) is 0 Å². The molecule has 1 aliphatic heterocycles. The van der Waals surface area contributed by atoms with Crippen molar-refractivity contribution in [1.29, 1.82) is 0 Å². The molecule has 3 nitrogen and oxygen atoms in total. The number of anilines is 1. The molecule has 1 aromatic carbocycles. The van der Waals surface area contributed by atoms with E-state index in [1.54, 1.807) is 6.92 Å². The van der Waals surface area contributed by atoms with Gasteiger partial charge in [0, 0.05) is 16.6 Å². The van der Waals surface area contributed by atoms with Gasteiger partial charge in [-0.2, -0.15) is 0 Å². The monoisotopic (exact) mass is 274 g/mol. The lowest BCUT2D eigenvalue weighted by atomic mass is 9.81. The van der Waals surface area contributed by atoms with E-state index in [-0.39, 0.29) is 16.9 Å². The van der Waals surface area contributed by atoms with Crippen molar-refractivity contribution in [3.05, 3.63) is 29.8 Å². The molecule has 20 heavy (non-hydrogen) atoms. The third-order valence-corrected chi connectivity index (χ3v) is 4.33. The number of carbonyl (C=O) groups excluding carboxylic acids is 1. The van der Waals surface area contributed by atoms with Gasteiger partial charge in [0.1, 0.15) is 0 Å². The van der Waals surface area contributed by atoms with Gasteiger partial charge < -0.3 is 5.43 Å². The molecule has 1 aromatic rings. The van der Waals surface area contributed by atoms with E-state index >= 15 is 0 Å². The van der Waals surface area contributed by atoms with Crippen molar-refractivity contribution in [1.82, 2.24) is 5.01 Å². The second-order valence-electron chi connectivity index (χ2n) is 7.03. The van der Waals surface area contributed by atoms with Gasteiger partial charge >= 0.3 is 0 Å². The van der Waals surface area contributed by atoms with E-state index in [0.29, 0.717) is 0 Å². The topological polar surface area (TPSA) is 32.3 Å². The Morgan fingerprint density at radius 1 is 1.10 bits per heavy atom. The highest BCUT2D eigenvalue weighted by molar-refractivity contribution is 5.99. The number of rotatable bonds is 3. The van der Waals surface area contributed by atoms with Crippen LogP contribution in [0.2, 0.25) is 0 Å². The average Bonchev–Trinajstić information content (AvgIpc) is 2.34. The molecule has 0 aliphatic carbocycles. The Morgan fingerprint density at radius 3 is 2.20 bits per heavy atom. The number of para-hydroxylation sites is 1. The Hall–Kier alpha value is -1.35. The van der Waals surface area contributed by atoms with Gasteiger partial charge in [0.2, 0.25) is 0 Å². The Bertz CT molecular complexity index is 489. The third kappa shape index (κ3) is 2.88. The first-order valence-corrected chi connectivity index (χ1v) is 7.41. The molecule has 2 rings (SSSR count). The van der Waals surface area contributed by atoms with Gasteiger partial charge in [0.05, 0.1) is 5.69 Å². The van der Waals surface area contributed by atoms with Crippen molar-refractivity contribution in [2.75, 3.05) is 5.43 Å². The van der Waals surface area contributed by atoms with Crippen LogP contribution in [0.1, 0.15) is 64.2 Å². The zero-order valence-corrected chi connectivity index (χ0v) is 13.3. The summed E-state index contributed by atoms with van der Waals surface area (Å²) < 4.78 is 0. The molecule has 1 N–H and O–H groups in total. The predicted octanol–water partition coefficient (Wildman–Crippen LogP) is 4.26. The molecule has 0 saturated carbocycles. The molecule has 0 spiro atoms. The van der Waals surface area contributed by atoms with Crippen molar-refractivity contribution in [2.24, 2.45) is 0 Å². The van der Waals surface area contributed by atoms with Crippen molar-refractivity contribution in [2.45, 2.75) is 65.0 Å². The molecule has 1 saturated heterocycles. The molecule has 3 heteroatoms. The Morgan fingerprint density at radius 2 is 1.65 bits per heavy atom. The summed E-state index contributed by atoms with van der Waals surface area (Å²) in [5.41, 5.74) is 5.33. The van der Waals surface area contributed by atoms with E-state index in [2.05, 4.69) is 38.1 Å². The van der Waals surface area contributed by atoms with Gasteiger partial charge in [0.15, 0.2) is 5.78 Å². The van der Waals surface area contributed by atoms with Crippen molar-refractivity contribution in [3.63, 3.8) is 0 Å². The van der Waals surface area contributed by atoms with Crippen LogP contribution in [0.3, 0.4) is 0 Å². The summed E-state index contributed by atoms with van der Waals surface area (Å²) in [5.74, 6) is 0.0979. The highest BCUT2D eigenvalue weighted by atomic mass is 16.1. The molecule has 0 aromatic heterocycles. The maximum atomic E-state index is 11.8. The van der Waals surface area contributed by atoms with Crippen LogP contribution in [0.25, 0.3) is 0 Å². The quantitative estimate of drug-likeness (QED) is 0.836. The van der Waals surface area contributed by atoms with Crippen molar-refractivity contribution in [3.8, 4) is 0 Å². The molecule has 0 unspecified atom stereocenters. The second kappa shape index (κ2) is 5.21. The van der Waals surface area contributed by atoms with Gasteiger partial charge in [-0.15, -0.1) is 0 Å². The van der Waals surface area contributed by atoms with Gasteiger partial charge in [-0.1, -0.05) is 12.1 Å². The highest BCUT2D eigenvalue weighted by Gasteiger charge is 2.41. The summed E-state index contributed by atoms with van der Waals surface area (Å²) in [6.07, 6.45) is 3.56. The Balaban J connectivity index is 2.34. The zero-order chi connectivity index (χ0) is 15.0. The largest absolute Gasteiger partial charge is 0.317 e. The molecule has 1 aliphatic rings. The first-order chi connectivity index (χ1) is 9.24. The number of hydrazine groups is 1. The number of nitrogens with one attached hydrogen (secondary N) is 1. The number of Topliss-reactive ketones (excluding diaryl/α,β-unsaturated/α-hetero) is 1. The first-order valence-electron chi connectivity index (χ1n) is 7.41. The SMILES string of the molecule is CC(=O)c1ccccc1NN1C(C)(C)CCCC1(C)C. The van der Waals surface area contributed by atoms with Gasteiger partial charge in [-0.05, 0) is 66.0 Å². The molecule has 0 radical (unpaired) electrons. The summed E-state index contributed by atoms with van der Waals surface area (Å²) in [7, 11) is 0. The minimum absolute atomic E-state index is 0.0751. The van der Waals surface area contributed by atoms with E-state index in [1.165, 1.54) is 6.42 Å². The molecule has 1 heterocycles. The van der Waals surface area contributed by atoms with Gasteiger partial charge in [-0.3, -0.25) is 4.79 Å². The standard InChI is InChI=1S/C17H26N2O/c1-13(20)14-9-6-7-10-15(14)18-19-16(2,3)11-8-12-17(19,4)5/h6-7,9-10,18H,8,11-12H2,1-5H3. The van der Waals surface area contributed by atoms with Crippen LogP contribution in [0.5, 0.6) is 0 Å². The normalized spacial score (nSPS) is 21.4. The van der Waals surface area contributed by atoms with E-state index in [1.807, 2.05) is 24.3 Å². The van der Waals surface area contributed by atoms with Crippen LogP contribution in [0.15, 0.2) is 24.3 Å². The average molecular weight is 274 g/mol. The number of hydrogen-bond acceptors (Lipinski definition) is 3. The van der Waals surface area contributed by atoms with E-state index in [4.69, 9.17) is 0 Å². The maximum Gasteiger partial charge on any atom is 0.161 e. The minimum Gasteiger partial charge on any atom is -0.317 e. The molecular weight excluding hydrogens is 248 g/mol. The van der Waals surface area contributed by atoms with Gasteiger partial charge in [0.25, 0.3) is 0 Å². The summed E-state index contributed by atoms with van der Waals surface area (Å²) >= 11 is 0. The lowest BCUT2D eigenvalue weighted by Gasteiger charge is -2.53. The van der Waals surface area contributed by atoms with Crippen molar-refractivity contribution >= 4 is 11.5 Å². The van der Waals surface area contributed by atoms with Gasteiger partial charge in [-0.25, -0.2) is 5.01 Å². The lowest BCUT2D eigenvalue weighted by molar-refractivity contribution is -0.00321. The molecule has 0 amide bonds. The smallest absolute Gasteiger partial charge is 0.161 e. The van der Waals surface area contributed by atoms with E-state index in [9.17, 15) is 4.79 Å². The van der Waals surface area contributed by atoms with Crippen LogP contribution in [0.4, 0.5) is 5.69 Å². The Kier molecular flexibility index (Phi) is 3.92. The second-order valence-corrected chi connectivity index (χ2v) is 7.03. The number of nitrogens with zero attached hydrogens (tertiary/aromatic N) is 1. The van der Waals surface area contributed by atoms with Crippen LogP contribution >= 0.6 is 0 Å². The number of piperidine rings is 1. The molecule has 0 bridgehead atoms. The fourth-order valence-electron chi connectivity index (χ4n) is 3.31. The molecule has 0 atom stereocenters. The van der Waals surface area contributed by atoms with E-state index in [0.717, 1.165) is 24.1 Å². The van der Waals surface area contributed by atoms with Crippen LogP contribution in [-0.2, 0) is 0 Å². The number of carbonyl (C=O) groups is 1. The summed E-state index contributed by atoms with van der Waals surface area (Å²) in [5, 5.41) is 2.32. The number of ketones is 1. The maximum absolute atomic E-state index is 11.8. The van der Waals surface area contributed by atoms with E-state index < -0.39 is 0 Å². The molecule has 1 fully saturated rings. The predicted molar refractivity (Wildman–Crippen MR) is 83.9 cm³/mol. The number of hydrogen-bond donors (Lipinski definition) is 1. The lowest BCUT2D eigenvalue weighted by Crippen LogP contribution is -2.61. The molecular formula is C17H26N2O. The fourth-order valence-corrected chi connectivity index (χ4v) is 3.31. The summed E-state index contributed by atoms with van der Waals surface area (Å²) in [6, 6.07) is 7.75. The zero-order valence-electron chi connectivity index (χ0n) is 13.3. The first kappa shape index (κ1) is 15.0. The van der Waals surface area contributed by atoms with Crippen LogP contribution in [-0.4, -0.2) is 21.9 Å². The summed E-state index contributed by atoms with van der Waals surface area (Å²) in [4.78, 5) is 11.8. The fraction of sp³-hybridized carbons (Fsp3) is 0.588. The highest BCUT2D eigenvalue weighted by Crippen LogP contribution is 2.38. The Labute approximate surface area is 122 Å². The minimum atomic E-state index is 0.0751. The van der Waals surface area contributed by atoms with Crippen LogP contribution < -0.4 is 5.43 Å². The van der Waals surface area contributed by atoms with Crippen molar-refractivity contribution < 1.29 is 4.79 Å². The number of benzene rings is 1. The third-order valence-electron chi connectivity index (χ3n) is 4.33.